The molecule has 1 aliphatic carbocycles. The van der Waals surface area contributed by atoms with E-state index in [1.807, 2.05) is 11.8 Å². The van der Waals surface area contributed by atoms with Crippen LogP contribution in [0.4, 0.5) is 13.2 Å². The van der Waals surface area contributed by atoms with Crippen molar-refractivity contribution < 1.29 is 18.0 Å². The highest BCUT2D eigenvalue weighted by atomic mass is 19.4. The molecule has 0 saturated carbocycles. The molecule has 3 nitrogen and oxygen atoms in total. The molecule has 0 unspecified atom stereocenters. The largest absolute Gasteiger partial charge is 0.416 e. The van der Waals surface area contributed by atoms with Gasteiger partial charge < -0.3 is 4.90 Å². The first-order chi connectivity index (χ1) is 11.4. The summed E-state index contributed by atoms with van der Waals surface area (Å²) in [5.41, 5.74) is 1.93. The van der Waals surface area contributed by atoms with Crippen molar-refractivity contribution >= 4 is 5.91 Å². The third kappa shape index (κ3) is 3.43. The fourth-order valence-corrected chi connectivity index (χ4v) is 3.79. The normalized spacial score (nSPS) is 18.8. The van der Waals surface area contributed by atoms with E-state index in [0.717, 1.165) is 30.4 Å². The average Bonchev–Trinajstić information content (AvgIpc) is 3.03. The van der Waals surface area contributed by atoms with Crippen molar-refractivity contribution in [1.82, 2.24) is 9.80 Å². The highest BCUT2D eigenvalue weighted by Gasteiger charge is 2.36. The van der Waals surface area contributed by atoms with E-state index < -0.39 is 11.7 Å². The predicted molar refractivity (Wildman–Crippen MR) is 85.6 cm³/mol. The smallest absolute Gasteiger partial charge is 0.340 e. The van der Waals surface area contributed by atoms with Crippen molar-refractivity contribution in [2.75, 3.05) is 26.2 Å². The molecule has 1 amide bonds. The Balaban J connectivity index is 1.78. The lowest BCUT2D eigenvalue weighted by molar-refractivity contribution is -0.138. The minimum Gasteiger partial charge on any atom is -0.340 e. The van der Waals surface area contributed by atoms with Crippen LogP contribution in [0.25, 0.3) is 0 Å². The Kier molecular flexibility index (Phi) is 4.85. The SMILES string of the molecule is CCC(=O)N1CCN(Cc2c(C(F)(F)F)ccc3c2CCC3)CC1. The van der Waals surface area contributed by atoms with Gasteiger partial charge in [-0.2, -0.15) is 13.2 Å². The van der Waals surface area contributed by atoms with E-state index >= 15 is 0 Å². The lowest BCUT2D eigenvalue weighted by Gasteiger charge is -2.35. The molecule has 2 aliphatic rings. The number of hydrogen-bond acceptors (Lipinski definition) is 2. The summed E-state index contributed by atoms with van der Waals surface area (Å²) >= 11 is 0. The zero-order valence-electron chi connectivity index (χ0n) is 14.0. The number of benzene rings is 1. The van der Waals surface area contributed by atoms with Gasteiger partial charge in [-0.3, -0.25) is 9.69 Å². The van der Waals surface area contributed by atoms with Crippen molar-refractivity contribution in [3.63, 3.8) is 0 Å². The maximum absolute atomic E-state index is 13.4. The maximum Gasteiger partial charge on any atom is 0.416 e. The molecule has 0 radical (unpaired) electrons. The van der Waals surface area contributed by atoms with Crippen molar-refractivity contribution in [3.05, 3.63) is 34.4 Å². The third-order valence-corrected chi connectivity index (χ3v) is 5.12. The molecule has 24 heavy (non-hydrogen) atoms. The maximum atomic E-state index is 13.4. The van der Waals surface area contributed by atoms with Crippen LogP contribution in [0, 0.1) is 0 Å². The second-order valence-corrected chi connectivity index (χ2v) is 6.59. The second kappa shape index (κ2) is 6.75. The molecule has 1 fully saturated rings. The van der Waals surface area contributed by atoms with E-state index in [9.17, 15) is 18.0 Å². The van der Waals surface area contributed by atoms with E-state index in [0.29, 0.717) is 44.7 Å². The Morgan fingerprint density at radius 3 is 2.46 bits per heavy atom. The van der Waals surface area contributed by atoms with E-state index in [2.05, 4.69) is 0 Å². The number of hydrogen-bond donors (Lipinski definition) is 0. The topological polar surface area (TPSA) is 23.6 Å². The zero-order valence-corrected chi connectivity index (χ0v) is 14.0. The zero-order chi connectivity index (χ0) is 17.3. The van der Waals surface area contributed by atoms with E-state index in [4.69, 9.17) is 0 Å². The Labute approximate surface area is 140 Å². The van der Waals surface area contributed by atoms with Crippen LogP contribution in [0.1, 0.15) is 42.0 Å². The van der Waals surface area contributed by atoms with Crippen molar-refractivity contribution in [1.29, 1.82) is 0 Å². The molecule has 132 valence electrons. The lowest BCUT2D eigenvalue weighted by atomic mass is 9.96. The molecule has 1 aliphatic heterocycles. The fraction of sp³-hybridized carbons (Fsp3) is 0.611. The molecule has 1 aromatic rings. The van der Waals surface area contributed by atoms with E-state index in [1.54, 1.807) is 11.0 Å². The van der Waals surface area contributed by atoms with Crippen LogP contribution in [-0.4, -0.2) is 41.9 Å². The number of amides is 1. The molecule has 0 atom stereocenters. The quantitative estimate of drug-likeness (QED) is 0.843. The van der Waals surface area contributed by atoms with Gasteiger partial charge >= 0.3 is 6.18 Å². The second-order valence-electron chi connectivity index (χ2n) is 6.59. The number of nitrogens with zero attached hydrogens (tertiary/aromatic N) is 2. The van der Waals surface area contributed by atoms with Gasteiger partial charge in [-0.15, -0.1) is 0 Å². The van der Waals surface area contributed by atoms with Crippen LogP contribution >= 0.6 is 0 Å². The van der Waals surface area contributed by atoms with E-state index in [1.165, 1.54) is 6.07 Å². The molecule has 6 heteroatoms. The Morgan fingerprint density at radius 2 is 1.83 bits per heavy atom. The summed E-state index contributed by atoms with van der Waals surface area (Å²) in [4.78, 5) is 15.6. The highest BCUT2D eigenvalue weighted by molar-refractivity contribution is 5.75. The monoisotopic (exact) mass is 340 g/mol. The number of aryl methyl sites for hydroxylation is 1. The van der Waals surface area contributed by atoms with Gasteiger partial charge in [0.25, 0.3) is 0 Å². The molecular weight excluding hydrogens is 317 g/mol. The number of rotatable bonds is 3. The van der Waals surface area contributed by atoms with E-state index in [-0.39, 0.29) is 5.91 Å². The number of carbonyl (C=O) groups excluding carboxylic acids is 1. The highest BCUT2D eigenvalue weighted by Crippen LogP contribution is 2.38. The van der Waals surface area contributed by atoms with Gasteiger partial charge in [-0.05, 0) is 42.0 Å². The summed E-state index contributed by atoms with van der Waals surface area (Å²) in [6.45, 7) is 4.62. The van der Waals surface area contributed by atoms with Gasteiger partial charge in [-0.1, -0.05) is 13.0 Å². The number of piperazine rings is 1. The summed E-state index contributed by atoms with van der Waals surface area (Å²) in [5, 5.41) is 0. The molecule has 1 aromatic carbocycles. The molecule has 0 spiro atoms. The summed E-state index contributed by atoms with van der Waals surface area (Å²) in [6.07, 6.45) is -1.29. The average molecular weight is 340 g/mol. The molecule has 0 aromatic heterocycles. The van der Waals surface area contributed by atoms with Crippen molar-refractivity contribution in [2.24, 2.45) is 0 Å². The predicted octanol–water partition coefficient (Wildman–Crippen LogP) is 3.25. The molecule has 0 bridgehead atoms. The third-order valence-electron chi connectivity index (χ3n) is 5.12. The van der Waals surface area contributed by atoms with Gasteiger partial charge in [0.15, 0.2) is 0 Å². The Morgan fingerprint density at radius 1 is 1.12 bits per heavy atom. The first-order valence-electron chi connectivity index (χ1n) is 8.61. The Hall–Kier alpha value is -1.56. The summed E-state index contributed by atoms with van der Waals surface area (Å²) in [5.74, 6) is 0.117. The van der Waals surface area contributed by atoms with Gasteiger partial charge in [0.2, 0.25) is 5.91 Å². The van der Waals surface area contributed by atoms with Gasteiger partial charge in [-0.25, -0.2) is 0 Å². The van der Waals surface area contributed by atoms with Crippen LogP contribution < -0.4 is 0 Å². The van der Waals surface area contributed by atoms with Gasteiger partial charge in [0.05, 0.1) is 5.56 Å². The fourth-order valence-electron chi connectivity index (χ4n) is 3.79. The molecule has 1 heterocycles. The first kappa shape index (κ1) is 17.3. The molecule has 3 rings (SSSR count). The van der Waals surface area contributed by atoms with Crippen LogP contribution in [0.3, 0.4) is 0 Å². The Bertz CT molecular complexity index is 619. The van der Waals surface area contributed by atoms with Gasteiger partial charge in [0, 0.05) is 39.1 Å². The molecule has 0 N–H and O–H groups in total. The van der Waals surface area contributed by atoms with Crippen LogP contribution in [0.15, 0.2) is 12.1 Å². The molecular formula is C18H23F3N2O. The number of alkyl halides is 3. The number of fused-ring (bicyclic) bond motifs is 1. The minimum atomic E-state index is -4.31. The van der Waals surface area contributed by atoms with Gasteiger partial charge in [0.1, 0.15) is 0 Å². The van der Waals surface area contributed by atoms with Crippen molar-refractivity contribution in [3.8, 4) is 0 Å². The summed E-state index contributed by atoms with van der Waals surface area (Å²) in [7, 11) is 0. The number of carbonyl (C=O) groups is 1. The van der Waals surface area contributed by atoms with Crippen molar-refractivity contribution in [2.45, 2.75) is 45.3 Å². The van der Waals surface area contributed by atoms with Crippen LogP contribution in [0.2, 0.25) is 0 Å². The summed E-state index contributed by atoms with van der Waals surface area (Å²) < 4.78 is 40.2. The lowest BCUT2D eigenvalue weighted by Crippen LogP contribution is -2.48. The van der Waals surface area contributed by atoms with Crippen LogP contribution in [0.5, 0.6) is 0 Å². The first-order valence-corrected chi connectivity index (χ1v) is 8.61. The molecule has 1 saturated heterocycles. The minimum absolute atomic E-state index is 0.117. The summed E-state index contributed by atoms with van der Waals surface area (Å²) in [6, 6.07) is 2.89. The number of halogens is 3. The standard InChI is InChI=1S/C18H23F3N2O/c1-2-17(24)23-10-8-22(9-11-23)12-15-14-5-3-4-13(14)6-7-16(15)18(19,20)21/h6-7H,2-5,8-12H2,1H3. The van der Waals surface area contributed by atoms with Crippen LogP contribution in [-0.2, 0) is 30.4 Å².